The van der Waals surface area contributed by atoms with Gasteiger partial charge in [-0.25, -0.2) is 0 Å². The van der Waals surface area contributed by atoms with Crippen LogP contribution in [0.5, 0.6) is 17.4 Å². The van der Waals surface area contributed by atoms with Crippen LogP contribution in [0.4, 0.5) is 11.5 Å². The lowest BCUT2D eigenvalue weighted by atomic mass is 10.2. The molecular formula is C13H13N3O5. The molecule has 0 atom stereocenters. The second kappa shape index (κ2) is 6.06. The fourth-order valence-corrected chi connectivity index (χ4v) is 1.66. The molecular weight excluding hydrogens is 278 g/mol. The molecule has 0 fully saturated rings. The number of rotatable bonds is 5. The van der Waals surface area contributed by atoms with E-state index in [2.05, 4.69) is 4.98 Å². The number of nitrogens with zero attached hydrogens (tertiary/aromatic N) is 2. The average Bonchev–Trinajstić information content (AvgIpc) is 2.47. The van der Waals surface area contributed by atoms with Crippen molar-refractivity contribution in [3.8, 4) is 17.4 Å². The van der Waals surface area contributed by atoms with Crippen LogP contribution in [0.3, 0.4) is 0 Å². The molecule has 0 saturated carbocycles. The van der Waals surface area contributed by atoms with Crippen LogP contribution in [0.15, 0.2) is 30.3 Å². The highest BCUT2D eigenvalue weighted by molar-refractivity contribution is 5.51. The number of anilines is 1. The van der Waals surface area contributed by atoms with Gasteiger partial charge in [-0.05, 0) is 23.8 Å². The first kappa shape index (κ1) is 14.5. The second-order valence-electron chi connectivity index (χ2n) is 4.06. The highest BCUT2D eigenvalue weighted by Crippen LogP contribution is 2.35. The molecule has 0 bridgehead atoms. The van der Waals surface area contributed by atoms with Gasteiger partial charge in [0.1, 0.15) is 5.82 Å². The van der Waals surface area contributed by atoms with E-state index < -0.39 is 4.92 Å². The van der Waals surface area contributed by atoms with Crippen LogP contribution in [-0.4, -0.2) is 22.1 Å². The fourth-order valence-electron chi connectivity index (χ4n) is 1.66. The molecule has 0 aliphatic heterocycles. The predicted molar refractivity (Wildman–Crippen MR) is 74.3 cm³/mol. The van der Waals surface area contributed by atoms with Crippen LogP contribution in [0.25, 0.3) is 0 Å². The maximum absolute atomic E-state index is 11.0. The summed E-state index contributed by atoms with van der Waals surface area (Å²) in [5, 5.41) is 20.0. The molecule has 3 N–H and O–H groups in total. The normalized spacial score (nSPS) is 10.2. The third kappa shape index (κ3) is 3.18. The second-order valence-corrected chi connectivity index (χ2v) is 4.06. The monoisotopic (exact) mass is 291 g/mol. The highest BCUT2D eigenvalue weighted by Gasteiger charge is 2.19. The zero-order valence-corrected chi connectivity index (χ0v) is 11.1. The van der Waals surface area contributed by atoms with Crippen LogP contribution in [-0.2, 0) is 6.61 Å². The molecule has 1 aromatic carbocycles. The van der Waals surface area contributed by atoms with Crippen molar-refractivity contribution in [2.45, 2.75) is 6.61 Å². The van der Waals surface area contributed by atoms with Gasteiger partial charge in [0.15, 0.2) is 11.5 Å². The minimum absolute atomic E-state index is 0.0987. The molecule has 1 heterocycles. The van der Waals surface area contributed by atoms with Crippen molar-refractivity contribution in [1.82, 2.24) is 4.98 Å². The molecule has 0 radical (unpaired) electrons. The zero-order chi connectivity index (χ0) is 15.4. The number of pyridine rings is 1. The Hall–Kier alpha value is -2.87. The Bertz CT molecular complexity index is 675. The Labute approximate surface area is 119 Å². The first-order chi connectivity index (χ1) is 10.0. The SMILES string of the molecule is COc1cc(CO)ccc1Oc1nc(N)ccc1[N+](=O)[O-]. The van der Waals surface area contributed by atoms with E-state index in [-0.39, 0.29) is 29.7 Å². The van der Waals surface area contributed by atoms with E-state index in [1.807, 2.05) is 0 Å². The summed E-state index contributed by atoms with van der Waals surface area (Å²) in [4.78, 5) is 14.2. The maximum Gasteiger partial charge on any atom is 0.331 e. The number of nitrogens with two attached hydrogens (primary N) is 1. The third-order valence-electron chi connectivity index (χ3n) is 2.68. The van der Waals surface area contributed by atoms with Gasteiger partial charge in [0, 0.05) is 6.07 Å². The Morgan fingerprint density at radius 3 is 2.71 bits per heavy atom. The number of aromatic nitrogens is 1. The van der Waals surface area contributed by atoms with E-state index in [0.717, 1.165) is 0 Å². The number of hydrogen-bond acceptors (Lipinski definition) is 7. The Morgan fingerprint density at radius 2 is 2.10 bits per heavy atom. The molecule has 0 amide bonds. The van der Waals surface area contributed by atoms with Crippen molar-refractivity contribution in [2.24, 2.45) is 0 Å². The molecule has 0 saturated heterocycles. The molecule has 1 aromatic heterocycles. The summed E-state index contributed by atoms with van der Waals surface area (Å²) in [5.41, 5.74) is 5.83. The van der Waals surface area contributed by atoms with Gasteiger partial charge in [0.05, 0.1) is 18.6 Å². The molecule has 110 valence electrons. The van der Waals surface area contributed by atoms with E-state index in [1.165, 1.54) is 25.3 Å². The van der Waals surface area contributed by atoms with Crippen molar-refractivity contribution in [1.29, 1.82) is 0 Å². The number of aliphatic hydroxyl groups excluding tert-OH is 1. The summed E-state index contributed by atoms with van der Waals surface area (Å²) in [6.07, 6.45) is 0. The summed E-state index contributed by atoms with van der Waals surface area (Å²) < 4.78 is 10.6. The predicted octanol–water partition coefficient (Wildman–Crippen LogP) is 1.87. The highest BCUT2D eigenvalue weighted by atomic mass is 16.6. The molecule has 0 spiro atoms. The van der Waals surface area contributed by atoms with Gasteiger partial charge in [-0.2, -0.15) is 4.98 Å². The van der Waals surface area contributed by atoms with Gasteiger partial charge in [-0.3, -0.25) is 10.1 Å². The van der Waals surface area contributed by atoms with Gasteiger partial charge in [0.25, 0.3) is 0 Å². The summed E-state index contributed by atoms with van der Waals surface area (Å²) in [6.45, 7) is -0.159. The van der Waals surface area contributed by atoms with E-state index in [9.17, 15) is 10.1 Å². The first-order valence-corrected chi connectivity index (χ1v) is 5.91. The van der Waals surface area contributed by atoms with Crippen LogP contribution in [0, 0.1) is 10.1 Å². The van der Waals surface area contributed by atoms with E-state index >= 15 is 0 Å². The molecule has 0 aliphatic carbocycles. The number of benzene rings is 1. The van der Waals surface area contributed by atoms with Crippen molar-refractivity contribution < 1.29 is 19.5 Å². The topological polar surface area (TPSA) is 121 Å². The average molecular weight is 291 g/mol. The van der Waals surface area contributed by atoms with Crippen LogP contribution in [0.1, 0.15) is 5.56 Å². The molecule has 2 rings (SSSR count). The maximum atomic E-state index is 11.0. The number of methoxy groups -OCH3 is 1. The van der Waals surface area contributed by atoms with Gasteiger partial charge in [-0.15, -0.1) is 0 Å². The standard InChI is InChI=1S/C13H13N3O5/c1-20-11-6-8(7-17)2-4-10(11)21-13-9(16(18)19)3-5-12(14)15-13/h2-6,17H,7H2,1H3,(H2,14,15). The van der Waals surface area contributed by atoms with E-state index in [1.54, 1.807) is 12.1 Å². The van der Waals surface area contributed by atoms with Crippen LogP contribution in [0.2, 0.25) is 0 Å². The van der Waals surface area contributed by atoms with Gasteiger partial charge >= 0.3 is 11.6 Å². The number of aliphatic hydroxyl groups is 1. The summed E-state index contributed by atoms with van der Waals surface area (Å²) in [5.74, 6) is 0.424. The molecule has 8 nitrogen and oxygen atoms in total. The Balaban J connectivity index is 2.42. The zero-order valence-electron chi connectivity index (χ0n) is 11.1. The number of ether oxygens (including phenoxy) is 2. The lowest BCUT2D eigenvalue weighted by Crippen LogP contribution is -2.00. The lowest BCUT2D eigenvalue weighted by Gasteiger charge is -2.11. The van der Waals surface area contributed by atoms with Crippen molar-refractivity contribution in [3.63, 3.8) is 0 Å². The van der Waals surface area contributed by atoms with Crippen molar-refractivity contribution in [2.75, 3.05) is 12.8 Å². The number of nitro groups is 1. The molecule has 0 unspecified atom stereocenters. The van der Waals surface area contributed by atoms with E-state index in [4.69, 9.17) is 20.3 Å². The van der Waals surface area contributed by atoms with Crippen LogP contribution < -0.4 is 15.2 Å². The number of nitrogen functional groups attached to an aromatic ring is 1. The molecule has 21 heavy (non-hydrogen) atoms. The smallest absolute Gasteiger partial charge is 0.331 e. The summed E-state index contributed by atoms with van der Waals surface area (Å²) in [6, 6.07) is 7.23. The quantitative estimate of drug-likeness (QED) is 0.637. The lowest BCUT2D eigenvalue weighted by molar-refractivity contribution is -0.386. The minimum Gasteiger partial charge on any atom is -0.493 e. The summed E-state index contributed by atoms with van der Waals surface area (Å²) in [7, 11) is 1.42. The van der Waals surface area contributed by atoms with Gasteiger partial charge < -0.3 is 20.3 Å². The van der Waals surface area contributed by atoms with Crippen molar-refractivity contribution in [3.05, 3.63) is 46.0 Å². The first-order valence-electron chi connectivity index (χ1n) is 5.91. The molecule has 2 aromatic rings. The van der Waals surface area contributed by atoms with Gasteiger partial charge in [-0.1, -0.05) is 6.07 Å². The van der Waals surface area contributed by atoms with Crippen molar-refractivity contribution >= 4 is 11.5 Å². The van der Waals surface area contributed by atoms with Crippen LogP contribution >= 0.6 is 0 Å². The molecule has 8 heteroatoms. The fraction of sp³-hybridized carbons (Fsp3) is 0.154. The minimum atomic E-state index is -0.615. The third-order valence-corrected chi connectivity index (χ3v) is 2.68. The number of hydrogen-bond donors (Lipinski definition) is 2. The Morgan fingerprint density at radius 1 is 1.33 bits per heavy atom. The summed E-state index contributed by atoms with van der Waals surface area (Å²) >= 11 is 0. The largest absolute Gasteiger partial charge is 0.493 e. The van der Waals surface area contributed by atoms with E-state index in [0.29, 0.717) is 11.3 Å². The molecule has 0 aliphatic rings. The van der Waals surface area contributed by atoms with Gasteiger partial charge in [0.2, 0.25) is 0 Å². The Kier molecular flexibility index (Phi) is 4.19.